The molecule has 24 valence electrons. The third kappa shape index (κ3) is 9.44. The molecule has 0 aromatic heterocycles. The fourth-order valence-corrected chi connectivity index (χ4v) is 0. The molecular formula is C3H4Rn. The molecule has 0 N–H and O–H groups in total. The SMILES string of the molecule is C=C=C.[Rn]. The summed E-state index contributed by atoms with van der Waals surface area (Å²) in [6.07, 6.45) is 0. The van der Waals surface area contributed by atoms with Gasteiger partial charge in [0.25, 0.3) is 0 Å². The molecule has 0 aliphatic rings. The van der Waals surface area contributed by atoms with Crippen molar-refractivity contribution in [3.05, 3.63) is 18.9 Å². The molecule has 0 saturated carbocycles. The zero-order chi connectivity index (χ0) is 2.71. The van der Waals surface area contributed by atoms with Crippen LogP contribution in [0.5, 0.6) is 0 Å². The molecule has 0 heterocycles. The van der Waals surface area contributed by atoms with Crippen molar-refractivity contribution >= 4 is 0 Å². The van der Waals surface area contributed by atoms with Gasteiger partial charge in [-0.15, -0.1) is 5.73 Å². The second kappa shape index (κ2) is 8.82. The minimum absolute atomic E-state index is 0. The molecule has 0 aromatic carbocycles. The zero-order valence-corrected chi connectivity index (χ0v) is 5.02. The molecule has 0 bridgehead atoms. The van der Waals surface area contributed by atoms with Crippen molar-refractivity contribution in [2.75, 3.05) is 0 Å². The van der Waals surface area contributed by atoms with Gasteiger partial charge >= 0.3 is 0 Å². The molecule has 0 unspecified atom stereocenters. The van der Waals surface area contributed by atoms with E-state index in [0.29, 0.717) is 0 Å². The van der Waals surface area contributed by atoms with E-state index in [0.717, 1.165) is 0 Å². The maximum Gasteiger partial charge on any atom is 0 e. The van der Waals surface area contributed by atoms with Crippen LogP contribution in [-0.4, -0.2) is 0 Å². The molecular weight excluding hydrogens is 258 g/mol. The van der Waals surface area contributed by atoms with E-state index in [1.165, 1.54) is 0 Å². The molecule has 0 nitrogen and oxygen atoms in total. The van der Waals surface area contributed by atoms with Gasteiger partial charge in [-0.25, -0.2) is 0 Å². The first-order valence-corrected chi connectivity index (χ1v) is 0.707. The van der Waals surface area contributed by atoms with E-state index in [1.54, 1.807) is 0 Å². The van der Waals surface area contributed by atoms with E-state index in [4.69, 9.17) is 0 Å². The van der Waals surface area contributed by atoms with E-state index >= 15 is 0 Å². The van der Waals surface area contributed by atoms with Gasteiger partial charge in [-0.05, 0) is 0 Å². The average molecular weight is 262 g/mol. The maximum absolute atomic E-state index is 3.12. The second-order valence-electron chi connectivity index (χ2n) is 0.250. The zero-order valence-electron chi connectivity index (χ0n) is 2.27. The summed E-state index contributed by atoms with van der Waals surface area (Å²) in [6.45, 7) is 6.25. The van der Waals surface area contributed by atoms with Crippen molar-refractivity contribution in [3.8, 4) is 0 Å². The summed E-state index contributed by atoms with van der Waals surface area (Å²) < 4.78 is 0. The quantitative estimate of drug-likeness (QED) is 0.570. The monoisotopic (exact) mass is 262 g/mol. The fraction of sp³-hybridized carbons (Fsp3) is 0. The second-order valence-corrected chi connectivity index (χ2v) is 0.250. The first kappa shape index (κ1) is 9.16. The molecule has 0 atom stereocenters. The van der Waals surface area contributed by atoms with E-state index in [9.17, 15) is 0 Å². The summed E-state index contributed by atoms with van der Waals surface area (Å²) in [5, 5.41) is 0. The van der Waals surface area contributed by atoms with Crippen LogP contribution in [0, 0.1) is 71.9 Å². The standard InChI is InChI=1S/C3H4.Rn/c1-3-2;/h1-2H2;. The van der Waals surface area contributed by atoms with Gasteiger partial charge in [0.05, 0.1) is 0 Å². The van der Waals surface area contributed by atoms with Crippen LogP contribution in [0.3, 0.4) is 0 Å². The Morgan fingerprint density at radius 1 is 1.25 bits per heavy atom. The van der Waals surface area contributed by atoms with Crippen LogP contribution in [0.25, 0.3) is 0 Å². The van der Waals surface area contributed by atoms with Crippen molar-refractivity contribution in [1.82, 2.24) is 0 Å². The summed E-state index contributed by atoms with van der Waals surface area (Å²) in [5.74, 6) is 0. The molecule has 0 fully saturated rings. The molecule has 4 heavy (non-hydrogen) atoms. The minimum Gasteiger partial charge on any atom is -0.137 e. The number of rotatable bonds is 0. The third-order valence-electron chi connectivity index (χ3n) is 0. The van der Waals surface area contributed by atoms with Crippen molar-refractivity contribution in [1.29, 1.82) is 0 Å². The molecule has 0 aromatic rings. The van der Waals surface area contributed by atoms with Crippen molar-refractivity contribution in [2.45, 2.75) is 0 Å². The summed E-state index contributed by atoms with van der Waals surface area (Å²) in [5.41, 5.74) is 2.25. The number of hydrogen-bond donors (Lipinski definition) is 0. The Morgan fingerprint density at radius 2 is 1.25 bits per heavy atom. The van der Waals surface area contributed by atoms with Crippen LogP contribution in [0.4, 0.5) is 0 Å². The Bertz CT molecular complexity index is 24.3. The van der Waals surface area contributed by atoms with Crippen molar-refractivity contribution in [3.63, 3.8) is 0 Å². The molecule has 1 heteroatoms. The predicted octanol–water partition coefficient (Wildman–Crippen LogP) is 0.957. The summed E-state index contributed by atoms with van der Waals surface area (Å²) in [7, 11) is 0. The summed E-state index contributed by atoms with van der Waals surface area (Å²) in [6, 6.07) is 0. The van der Waals surface area contributed by atoms with Crippen LogP contribution in [0.1, 0.15) is 0 Å². The minimum atomic E-state index is 0. The van der Waals surface area contributed by atoms with E-state index in [1.807, 2.05) is 0 Å². The Balaban J connectivity index is 0. The van der Waals surface area contributed by atoms with Crippen molar-refractivity contribution in [2.24, 2.45) is 0 Å². The van der Waals surface area contributed by atoms with Gasteiger partial charge in [0.2, 0.25) is 0 Å². The molecule has 0 rings (SSSR count). The van der Waals surface area contributed by atoms with Gasteiger partial charge in [0.15, 0.2) is 0 Å². The maximum atomic E-state index is 3.12. The smallest absolute Gasteiger partial charge is 0 e. The largest absolute Gasteiger partial charge is 0.137 e. The van der Waals surface area contributed by atoms with Gasteiger partial charge in [0.1, 0.15) is 0 Å². The molecule has 0 aliphatic carbocycles. The van der Waals surface area contributed by atoms with Crippen LogP contribution < -0.4 is 0 Å². The Kier molecular flexibility index (Phi) is 20.2. The Morgan fingerprint density at radius 3 is 1.25 bits per heavy atom. The van der Waals surface area contributed by atoms with Crippen molar-refractivity contribution < 1.29 is 71.9 Å². The van der Waals surface area contributed by atoms with Gasteiger partial charge in [0, 0.05) is 71.9 Å². The third-order valence-corrected chi connectivity index (χ3v) is 0. The normalized spacial score (nSPS) is 2.00. The van der Waals surface area contributed by atoms with E-state index in [2.05, 4.69) is 18.9 Å². The Hall–Kier alpha value is 1.64. The average Bonchev–Trinajstić information content (AvgIpc) is 0.918. The predicted molar refractivity (Wildman–Crippen MR) is 14.8 cm³/mol. The van der Waals surface area contributed by atoms with E-state index < -0.39 is 0 Å². The number of hydrogen-bond acceptors (Lipinski definition) is 0. The van der Waals surface area contributed by atoms with Gasteiger partial charge < -0.3 is 0 Å². The van der Waals surface area contributed by atoms with Gasteiger partial charge in [-0.2, -0.15) is 0 Å². The summed E-state index contributed by atoms with van der Waals surface area (Å²) >= 11 is 0. The topological polar surface area (TPSA) is 0 Å². The first-order valence-electron chi connectivity index (χ1n) is 0.707. The Labute approximate surface area is 88.2 Å². The van der Waals surface area contributed by atoms with Crippen LogP contribution in [0.15, 0.2) is 18.9 Å². The van der Waals surface area contributed by atoms with Crippen LogP contribution >= 0.6 is 0 Å². The summed E-state index contributed by atoms with van der Waals surface area (Å²) in [4.78, 5) is 0. The van der Waals surface area contributed by atoms with Gasteiger partial charge in [-0.1, -0.05) is 13.2 Å². The first-order chi connectivity index (χ1) is 1.41. The van der Waals surface area contributed by atoms with Gasteiger partial charge in [-0.3, -0.25) is 0 Å². The molecule has 0 saturated heterocycles. The molecule has 0 radical (unpaired) electrons. The van der Waals surface area contributed by atoms with Crippen LogP contribution in [-0.2, 0) is 0 Å². The fourth-order valence-electron chi connectivity index (χ4n) is 0. The van der Waals surface area contributed by atoms with E-state index in [-0.39, 0.29) is 71.9 Å². The molecule has 0 amide bonds. The molecule has 0 spiro atoms. The van der Waals surface area contributed by atoms with Crippen LogP contribution in [0.2, 0.25) is 0 Å². The molecule has 0 aliphatic heterocycles.